The van der Waals surface area contributed by atoms with E-state index in [4.69, 9.17) is 0 Å². The van der Waals surface area contributed by atoms with Gasteiger partial charge in [-0.25, -0.2) is 0 Å². The number of para-hydroxylation sites is 1. The molecule has 1 atom stereocenters. The van der Waals surface area contributed by atoms with E-state index < -0.39 is 0 Å². The number of thioether (sulfide) groups is 1. The molecule has 0 saturated carbocycles. The van der Waals surface area contributed by atoms with Crippen LogP contribution in [0.15, 0.2) is 24.3 Å². The average Bonchev–Trinajstić information content (AvgIpc) is 2.41. The lowest BCUT2D eigenvalue weighted by molar-refractivity contribution is -0.117. The maximum Gasteiger partial charge on any atom is 0.238 e. The van der Waals surface area contributed by atoms with Gasteiger partial charge in [0.2, 0.25) is 5.91 Å². The van der Waals surface area contributed by atoms with Crippen LogP contribution in [0.1, 0.15) is 24.2 Å². The summed E-state index contributed by atoms with van der Waals surface area (Å²) in [6, 6.07) is 7.54. The highest BCUT2D eigenvalue weighted by Gasteiger charge is 2.21. The molecule has 1 aromatic rings. The van der Waals surface area contributed by atoms with Gasteiger partial charge in [0.05, 0.1) is 12.2 Å². The summed E-state index contributed by atoms with van der Waals surface area (Å²) in [6.07, 6.45) is 0. The van der Waals surface area contributed by atoms with Crippen LogP contribution in [-0.4, -0.2) is 47.2 Å². The van der Waals surface area contributed by atoms with Crippen LogP contribution in [0.4, 0.5) is 5.69 Å². The predicted octanol–water partition coefficient (Wildman–Crippen LogP) is 2.27. The van der Waals surface area contributed by atoms with E-state index in [0.29, 0.717) is 23.8 Å². The molecule has 108 valence electrons. The van der Waals surface area contributed by atoms with E-state index in [2.05, 4.69) is 17.1 Å². The molecule has 1 saturated heterocycles. The predicted molar refractivity (Wildman–Crippen MR) is 83.4 cm³/mol. The largest absolute Gasteiger partial charge is 0.324 e. The summed E-state index contributed by atoms with van der Waals surface area (Å²) < 4.78 is 0. The zero-order valence-corrected chi connectivity index (χ0v) is 12.7. The third-order valence-electron chi connectivity index (χ3n) is 3.43. The van der Waals surface area contributed by atoms with Crippen molar-refractivity contribution in [1.29, 1.82) is 0 Å². The van der Waals surface area contributed by atoms with Crippen molar-refractivity contribution >= 4 is 29.1 Å². The van der Waals surface area contributed by atoms with E-state index in [1.165, 1.54) is 6.92 Å². The lowest BCUT2D eigenvalue weighted by atomic mass is 10.1. The Morgan fingerprint density at radius 1 is 1.40 bits per heavy atom. The first-order valence-corrected chi connectivity index (χ1v) is 7.95. The van der Waals surface area contributed by atoms with Crippen molar-refractivity contribution in [2.24, 2.45) is 0 Å². The molecule has 1 aliphatic heterocycles. The fourth-order valence-electron chi connectivity index (χ4n) is 2.27. The van der Waals surface area contributed by atoms with Crippen LogP contribution in [0.2, 0.25) is 0 Å². The molecule has 0 aliphatic carbocycles. The SMILES string of the molecule is CC(=O)c1ccccc1NC(=O)CN1CCSC[C@H]1C. The summed E-state index contributed by atoms with van der Waals surface area (Å²) in [5.41, 5.74) is 1.16. The minimum atomic E-state index is -0.0579. The zero-order valence-electron chi connectivity index (χ0n) is 11.9. The van der Waals surface area contributed by atoms with E-state index in [1.54, 1.807) is 18.2 Å². The lowest BCUT2D eigenvalue weighted by Gasteiger charge is -2.32. The molecule has 5 heteroatoms. The van der Waals surface area contributed by atoms with E-state index in [9.17, 15) is 9.59 Å². The van der Waals surface area contributed by atoms with Crippen LogP contribution in [0.5, 0.6) is 0 Å². The van der Waals surface area contributed by atoms with Crippen LogP contribution in [0.25, 0.3) is 0 Å². The first-order valence-electron chi connectivity index (χ1n) is 6.79. The van der Waals surface area contributed by atoms with Crippen LogP contribution < -0.4 is 5.32 Å². The van der Waals surface area contributed by atoms with Crippen LogP contribution >= 0.6 is 11.8 Å². The van der Waals surface area contributed by atoms with Crippen molar-refractivity contribution in [2.75, 3.05) is 29.9 Å². The highest BCUT2D eigenvalue weighted by atomic mass is 32.2. The summed E-state index contributed by atoms with van der Waals surface area (Å²) in [5.74, 6) is 2.04. The maximum atomic E-state index is 12.1. The second-order valence-corrected chi connectivity index (χ2v) is 6.19. The van der Waals surface area contributed by atoms with Crippen molar-refractivity contribution in [3.8, 4) is 0 Å². The number of nitrogens with one attached hydrogen (secondary N) is 1. The topological polar surface area (TPSA) is 49.4 Å². The third kappa shape index (κ3) is 3.84. The summed E-state index contributed by atoms with van der Waals surface area (Å²) in [6.45, 7) is 4.97. The van der Waals surface area contributed by atoms with E-state index in [0.717, 1.165) is 18.1 Å². The third-order valence-corrected chi connectivity index (χ3v) is 4.62. The van der Waals surface area contributed by atoms with Crippen molar-refractivity contribution < 1.29 is 9.59 Å². The standard InChI is InChI=1S/C15H20N2O2S/c1-11-10-20-8-7-17(11)9-15(19)16-14-6-4-3-5-13(14)12(2)18/h3-6,11H,7-10H2,1-2H3,(H,16,19)/t11-/m1/s1. The molecule has 0 unspecified atom stereocenters. The highest BCUT2D eigenvalue weighted by Crippen LogP contribution is 2.17. The summed E-state index contributed by atoms with van der Waals surface area (Å²) >= 11 is 1.93. The molecule has 0 aromatic heterocycles. The minimum Gasteiger partial charge on any atom is -0.324 e. The highest BCUT2D eigenvalue weighted by molar-refractivity contribution is 7.99. The van der Waals surface area contributed by atoms with Crippen LogP contribution in [0, 0.1) is 0 Å². The van der Waals surface area contributed by atoms with Crippen molar-refractivity contribution in [3.05, 3.63) is 29.8 Å². The number of hydrogen-bond donors (Lipinski definition) is 1. The van der Waals surface area contributed by atoms with Gasteiger partial charge in [0.15, 0.2) is 5.78 Å². The molecular weight excluding hydrogens is 272 g/mol. The fourth-order valence-corrected chi connectivity index (χ4v) is 3.35. The van der Waals surface area contributed by atoms with Gasteiger partial charge in [0.25, 0.3) is 0 Å². The molecule has 4 nitrogen and oxygen atoms in total. The number of hydrogen-bond acceptors (Lipinski definition) is 4. The Kier molecular flexibility index (Phi) is 5.20. The smallest absolute Gasteiger partial charge is 0.238 e. The fraction of sp³-hybridized carbons (Fsp3) is 0.467. The summed E-state index contributed by atoms with van der Waals surface area (Å²) in [7, 11) is 0. The van der Waals surface area contributed by atoms with Gasteiger partial charge >= 0.3 is 0 Å². The summed E-state index contributed by atoms with van der Waals surface area (Å²) in [4.78, 5) is 25.8. The Labute approximate surface area is 123 Å². The van der Waals surface area contributed by atoms with Gasteiger partial charge in [-0.2, -0.15) is 11.8 Å². The second-order valence-electron chi connectivity index (χ2n) is 5.04. The Morgan fingerprint density at radius 2 is 2.15 bits per heavy atom. The van der Waals surface area contributed by atoms with Gasteiger partial charge in [-0.05, 0) is 26.0 Å². The molecule has 1 aromatic carbocycles. The van der Waals surface area contributed by atoms with E-state index in [-0.39, 0.29) is 11.7 Å². The van der Waals surface area contributed by atoms with Gasteiger partial charge < -0.3 is 5.32 Å². The molecule has 0 bridgehead atoms. The molecule has 0 spiro atoms. The number of anilines is 1. The zero-order chi connectivity index (χ0) is 14.5. The lowest BCUT2D eigenvalue weighted by Crippen LogP contribution is -2.44. The number of rotatable bonds is 4. The molecule has 1 heterocycles. The molecule has 0 radical (unpaired) electrons. The minimum absolute atomic E-state index is 0.0383. The van der Waals surface area contributed by atoms with Gasteiger partial charge in [0, 0.05) is 29.7 Å². The molecule has 1 fully saturated rings. The first kappa shape index (κ1) is 15.1. The van der Waals surface area contributed by atoms with Gasteiger partial charge in [-0.15, -0.1) is 0 Å². The van der Waals surface area contributed by atoms with Gasteiger partial charge in [-0.1, -0.05) is 12.1 Å². The number of benzene rings is 1. The Morgan fingerprint density at radius 3 is 2.85 bits per heavy atom. The number of amides is 1. The van der Waals surface area contributed by atoms with Gasteiger partial charge in [0.1, 0.15) is 0 Å². The maximum absolute atomic E-state index is 12.1. The second kappa shape index (κ2) is 6.90. The van der Waals surface area contributed by atoms with Crippen molar-refractivity contribution in [2.45, 2.75) is 19.9 Å². The molecule has 1 amide bonds. The molecule has 20 heavy (non-hydrogen) atoms. The number of ketones is 1. The number of carbonyl (C=O) groups is 2. The Balaban J connectivity index is 1.99. The Bertz CT molecular complexity index is 504. The van der Waals surface area contributed by atoms with E-state index >= 15 is 0 Å². The first-order chi connectivity index (χ1) is 9.58. The van der Waals surface area contributed by atoms with Crippen molar-refractivity contribution in [1.82, 2.24) is 4.90 Å². The number of nitrogens with zero attached hydrogens (tertiary/aromatic N) is 1. The number of Topliss-reactive ketones (excluding diaryl/α,β-unsaturated/α-hetero) is 1. The number of carbonyl (C=O) groups excluding carboxylic acids is 2. The average molecular weight is 292 g/mol. The van der Waals surface area contributed by atoms with E-state index in [1.807, 2.05) is 17.8 Å². The molecule has 1 N–H and O–H groups in total. The molecular formula is C15H20N2O2S. The van der Waals surface area contributed by atoms with Crippen LogP contribution in [-0.2, 0) is 4.79 Å². The normalized spacial score (nSPS) is 19.6. The van der Waals surface area contributed by atoms with Crippen LogP contribution in [0.3, 0.4) is 0 Å². The quantitative estimate of drug-likeness (QED) is 0.865. The van der Waals surface area contributed by atoms with Crippen molar-refractivity contribution in [3.63, 3.8) is 0 Å². The molecule has 1 aliphatic rings. The molecule has 2 rings (SSSR count). The monoisotopic (exact) mass is 292 g/mol. The summed E-state index contributed by atoms with van der Waals surface area (Å²) in [5, 5.41) is 2.85. The Hall–Kier alpha value is -1.33. The van der Waals surface area contributed by atoms with Gasteiger partial charge in [-0.3, -0.25) is 14.5 Å².